The van der Waals surface area contributed by atoms with Gasteiger partial charge in [-0.15, -0.1) is 0 Å². The first kappa shape index (κ1) is 11.1. The minimum atomic E-state index is 0.710. The van der Waals surface area contributed by atoms with Crippen LogP contribution < -0.4 is 5.73 Å². The molecule has 0 saturated carbocycles. The van der Waals surface area contributed by atoms with Crippen molar-refractivity contribution in [2.24, 2.45) is 5.73 Å². The zero-order chi connectivity index (χ0) is 11.4. The van der Waals surface area contributed by atoms with E-state index in [2.05, 4.69) is 54.4 Å². The second-order valence-corrected chi connectivity index (χ2v) is 4.16. The zero-order valence-corrected chi connectivity index (χ0v) is 9.69. The summed E-state index contributed by atoms with van der Waals surface area (Å²) in [5.74, 6) is 0. The van der Waals surface area contributed by atoms with E-state index >= 15 is 0 Å². The van der Waals surface area contributed by atoms with E-state index in [1.54, 1.807) is 0 Å². The summed E-state index contributed by atoms with van der Waals surface area (Å²) in [6, 6.07) is 15.0. The molecule has 0 aliphatic heterocycles. The number of benzene rings is 2. The van der Waals surface area contributed by atoms with Crippen LogP contribution in [0.1, 0.15) is 5.56 Å². The Kier molecular flexibility index (Phi) is 3.54. The van der Waals surface area contributed by atoms with Crippen molar-refractivity contribution in [2.45, 2.75) is 6.54 Å². The summed E-state index contributed by atoms with van der Waals surface area (Å²) >= 11 is 0. The van der Waals surface area contributed by atoms with Crippen LogP contribution in [-0.2, 0) is 6.54 Å². The average molecular weight is 214 g/mol. The normalized spacial score (nSPS) is 11.2. The van der Waals surface area contributed by atoms with Gasteiger partial charge >= 0.3 is 0 Å². The molecule has 0 amide bonds. The third-order valence-corrected chi connectivity index (χ3v) is 2.83. The molecule has 0 unspecified atom stereocenters. The van der Waals surface area contributed by atoms with Crippen LogP contribution in [0.25, 0.3) is 10.8 Å². The van der Waals surface area contributed by atoms with E-state index in [1.807, 2.05) is 0 Å². The van der Waals surface area contributed by atoms with E-state index in [0.717, 1.165) is 13.1 Å². The second-order valence-electron chi connectivity index (χ2n) is 4.16. The highest BCUT2D eigenvalue weighted by Gasteiger charge is 2.03. The number of fused-ring (bicyclic) bond motifs is 1. The van der Waals surface area contributed by atoms with Crippen LogP contribution in [0, 0.1) is 0 Å². The van der Waals surface area contributed by atoms with E-state index in [-0.39, 0.29) is 0 Å². The van der Waals surface area contributed by atoms with Gasteiger partial charge in [-0.1, -0.05) is 42.5 Å². The fourth-order valence-electron chi connectivity index (χ4n) is 2.02. The average Bonchev–Trinajstić information content (AvgIpc) is 2.30. The smallest absolute Gasteiger partial charge is 0.0237 e. The molecule has 0 saturated heterocycles. The standard InChI is InChI=1S/C14H18N2/c1-16(10-9-15)11-13-7-4-6-12-5-2-3-8-14(12)13/h2-8H,9-11,15H2,1H3. The van der Waals surface area contributed by atoms with E-state index in [9.17, 15) is 0 Å². The molecule has 2 heteroatoms. The van der Waals surface area contributed by atoms with E-state index < -0.39 is 0 Å². The van der Waals surface area contributed by atoms with E-state index in [4.69, 9.17) is 5.73 Å². The molecule has 84 valence electrons. The van der Waals surface area contributed by atoms with Crippen LogP contribution in [-0.4, -0.2) is 25.0 Å². The van der Waals surface area contributed by atoms with Gasteiger partial charge in [0.05, 0.1) is 0 Å². The lowest BCUT2D eigenvalue weighted by molar-refractivity contribution is 0.337. The summed E-state index contributed by atoms with van der Waals surface area (Å²) in [5.41, 5.74) is 6.92. The Hall–Kier alpha value is -1.38. The minimum Gasteiger partial charge on any atom is -0.329 e. The van der Waals surface area contributed by atoms with E-state index in [0.29, 0.717) is 6.54 Å². The van der Waals surface area contributed by atoms with Gasteiger partial charge in [0.25, 0.3) is 0 Å². The lowest BCUT2D eigenvalue weighted by Gasteiger charge is -2.16. The Morgan fingerprint density at radius 2 is 1.81 bits per heavy atom. The summed E-state index contributed by atoms with van der Waals surface area (Å²) < 4.78 is 0. The summed E-state index contributed by atoms with van der Waals surface area (Å²) in [6.45, 7) is 2.60. The van der Waals surface area contributed by atoms with Crippen molar-refractivity contribution in [1.29, 1.82) is 0 Å². The monoisotopic (exact) mass is 214 g/mol. The third kappa shape index (κ3) is 2.40. The predicted octanol–water partition coefficient (Wildman–Crippen LogP) is 2.23. The molecule has 0 aliphatic carbocycles. The maximum atomic E-state index is 5.55. The van der Waals surface area contributed by atoms with Crippen LogP contribution >= 0.6 is 0 Å². The van der Waals surface area contributed by atoms with Gasteiger partial charge in [-0.05, 0) is 23.4 Å². The molecule has 0 fully saturated rings. The maximum Gasteiger partial charge on any atom is 0.0237 e. The molecule has 2 N–H and O–H groups in total. The van der Waals surface area contributed by atoms with Crippen LogP contribution in [0.4, 0.5) is 0 Å². The predicted molar refractivity (Wildman–Crippen MR) is 69.3 cm³/mol. The Bertz CT molecular complexity index is 460. The topological polar surface area (TPSA) is 29.3 Å². The number of likely N-dealkylation sites (N-methyl/N-ethyl adjacent to an activating group) is 1. The van der Waals surface area contributed by atoms with Crippen LogP contribution in [0.5, 0.6) is 0 Å². The van der Waals surface area contributed by atoms with Crippen molar-refractivity contribution in [2.75, 3.05) is 20.1 Å². The van der Waals surface area contributed by atoms with Crippen molar-refractivity contribution in [3.63, 3.8) is 0 Å². The zero-order valence-electron chi connectivity index (χ0n) is 9.69. The molecule has 0 spiro atoms. The summed E-state index contributed by atoms with van der Waals surface area (Å²) in [7, 11) is 2.11. The van der Waals surface area contributed by atoms with Gasteiger partial charge < -0.3 is 10.6 Å². The molecule has 16 heavy (non-hydrogen) atoms. The number of nitrogens with zero attached hydrogens (tertiary/aromatic N) is 1. The molecule has 2 nitrogen and oxygen atoms in total. The largest absolute Gasteiger partial charge is 0.329 e. The number of hydrogen-bond acceptors (Lipinski definition) is 2. The van der Waals surface area contributed by atoms with Gasteiger partial charge in [-0.25, -0.2) is 0 Å². The van der Waals surface area contributed by atoms with Crippen molar-refractivity contribution in [1.82, 2.24) is 4.90 Å². The van der Waals surface area contributed by atoms with Crippen LogP contribution in [0.15, 0.2) is 42.5 Å². The molecule has 2 aromatic carbocycles. The molecule has 0 heterocycles. The van der Waals surface area contributed by atoms with Crippen molar-refractivity contribution in [3.05, 3.63) is 48.0 Å². The molecule has 0 atom stereocenters. The first-order chi connectivity index (χ1) is 7.81. The summed E-state index contributed by atoms with van der Waals surface area (Å²) in [6.07, 6.45) is 0. The highest BCUT2D eigenvalue weighted by Crippen LogP contribution is 2.19. The molecule has 0 aliphatic rings. The van der Waals surface area contributed by atoms with Gasteiger partial charge in [0, 0.05) is 19.6 Å². The first-order valence-electron chi connectivity index (χ1n) is 5.66. The van der Waals surface area contributed by atoms with Crippen molar-refractivity contribution >= 4 is 10.8 Å². The number of rotatable bonds is 4. The summed E-state index contributed by atoms with van der Waals surface area (Å²) in [4.78, 5) is 2.25. The van der Waals surface area contributed by atoms with Crippen LogP contribution in [0.3, 0.4) is 0 Å². The van der Waals surface area contributed by atoms with Gasteiger partial charge in [0.1, 0.15) is 0 Å². The highest BCUT2D eigenvalue weighted by molar-refractivity contribution is 5.85. The molecular formula is C14H18N2. The SMILES string of the molecule is CN(CCN)Cc1cccc2ccccc12. The van der Waals surface area contributed by atoms with Gasteiger partial charge in [0.2, 0.25) is 0 Å². The number of hydrogen-bond donors (Lipinski definition) is 1. The molecule has 0 aromatic heterocycles. The van der Waals surface area contributed by atoms with Crippen LogP contribution in [0.2, 0.25) is 0 Å². The molecule has 0 radical (unpaired) electrons. The Labute approximate surface area is 96.7 Å². The van der Waals surface area contributed by atoms with Crippen molar-refractivity contribution in [3.8, 4) is 0 Å². The van der Waals surface area contributed by atoms with Gasteiger partial charge in [-0.2, -0.15) is 0 Å². The first-order valence-corrected chi connectivity index (χ1v) is 5.66. The molecule has 2 rings (SSSR count). The highest BCUT2D eigenvalue weighted by atomic mass is 15.1. The van der Waals surface area contributed by atoms with Crippen molar-refractivity contribution < 1.29 is 0 Å². The Morgan fingerprint density at radius 1 is 1.06 bits per heavy atom. The quantitative estimate of drug-likeness (QED) is 0.845. The Balaban J connectivity index is 2.30. The molecule has 0 bridgehead atoms. The maximum absolute atomic E-state index is 5.55. The lowest BCUT2D eigenvalue weighted by Crippen LogP contribution is -2.25. The third-order valence-electron chi connectivity index (χ3n) is 2.83. The number of nitrogens with two attached hydrogens (primary N) is 1. The van der Waals surface area contributed by atoms with E-state index in [1.165, 1.54) is 16.3 Å². The Morgan fingerprint density at radius 3 is 2.62 bits per heavy atom. The lowest BCUT2D eigenvalue weighted by atomic mass is 10.0. The van der Waals surface area contributed by atoms with Gasteiger partial charge in [-0.3, -0.25) is 0 Å². The fraction of sp³-hybridized carbons (Fsp3) is 0.286. The molecular weight excluding hydrogens is 196 g/mol. The summed E-state index contributed by atoms with van der Waals surface area (Å²) in [5, 5.41) is 2.65. The minimum absolute atomic E-state index is 0.710. The second kappa shape index (κ2) is 5.10. The molecule has 2 aromatic rings. The fourth-order valence-corrected chi connectivity index (χ4v) is 2.02. The van der Waals surface area contributed by atoms with Gasteiger partial charge in [0.15, 0.2) is 0 Å².